The van der Waals surface area contributed by atoms with Crippen molar-refractivity contribution in [2.75, 3.05) is 18.4 Å². The molecule has 1 unspecified atom stereocenters. The van der Waals surface area contributed by atoms with E-state index in [1.54, 1.807) is 18.2 Å². The van der Waals surface area contributed by atoms with E-state index in [4.69, 9.17) is 23.2 Å². The molecule has 1 aromatic carbocycles. The Morgan fingerprint density at radius 3 is 2.59 bits per heavy atom. The first-order valence-corrected chi connectivity index (χ1v) is 8.99. The van der Waals surface area contributed by atoms with Crippen molar-refractivity contribution >= 4 is 34.8 Å². The molecule has 1 aromatic rings. The molecule has 1 saturated heterocycles. The summed E-state index contributed by atoms with van der Waals surface area (Å²) in [5, 5.41) is 3.88. The van der Waals surface area contributed by atoms with Crippen molar-refractivity contribution in [1.29, 1.82) is 0 Å². The lowest BCUT2D eigenvalue weighted by atomic mass is 9.78. The van der Waals surface area contributed by atoms with Crippen LogP contribution >= 0.6 is 23.2 Å². The highest BCUT2D eigenvalue weighted by Crippen LogP contribution is 2.30. The largest absolute Gasteiger partial charge is 0.324 e. The minimum Gasteiger partial charge on any atom is -0.324 e. The molecule has 22 heavy (non-hydrogen) atoms. The predicted octanol–water partition coefficient (Wildman–Crippen LogP) is 3.17. The van der Waals surface area contributed by atoms with Gasteiger partial charge in [0.1, 0.15) is 0 Å². The Balaban J connectivity index is 1.63. The first-order chi connectivity index (χ1) is 10.6. The smallest absolute Gasteiger partial charge is 0.279 e. The zero-order valence-corrected chi connectivity index (χ0v) is 14.2. The van der Waals surface area contributed by atoms with Crippen LogP contribution in [-0.2, 0) is 4.79 Å². The van der Waals surface area contributed by atoms with E-state index in [0.29, 0.717) is 28.3 Å². The van der Waals surface area contributed by atoms with Gasteiger partial charge in [-0.2, -0.15) is 0 Å². The van der Waals surface area contributed by atoms with Crippen LogP contribution in [0.2, 0.25) is 10.0 Å². The molecule has 0 aromatic heterocycles. The second-order valence-corrected chi connectivity index (χ2v) is 7.34. The van der Waals surface area contributed by atoms with Gasteiger partial charge >= 0.3 is 0 Å². The summed E-state index contributed by atoms with van der Waals surface area (Å²) in [7, 11) is 0. The average molecular weight is 342 g/mol. The molecule has 0 bridgehead atoms. The van der Waals surface area contributed by atoms with E-state index in [2.05, 4.69) is 5.32 Å². The van der Waals surface area contributed by atoms with E-state index in [9.17, 15) is 4.79 Å². The van der Waals surface area contributed by atoms with E-state index in [0.717, 1.165) is 12.5 Å². The maximum atomic E-state index is 12.4. The number of hydrogen-bond acceptors (Lipinski definition) is 1. The van der Waals surface area contributed by atoms with E-state index in [1.807, 2.05) is 0 Å². The van der Waals surface area contributed by atoms with Gasteiger partial charge in [-0.15, -0.1) is 0 Å². The average Bonchev–Trinajstić information content (AvgIpc) is 2.51. The predicted molar refractivity (Wildman–Crippen MR) is 90.8 cm³/mol. The van der Waals surface area contributed by atoms with Crippen molar-refractivity contribution in [2.45, 2.75) is 44.6 Å². The fourth-order valence-corrected chi connectivity index (χ4v) is 4.59. The van der Waals surface area contributed by atoms with Gasteiger partial charge in [-0.3, -0.25) is 4.79 Å². The molecule has 1 heterocycles. The minimum atomic E-state index is 0.0104. The molecule has 2 aliphatic rings. The molecular weight excluding hydrogens is 319 g/mol. The highest BCUT2D eigenvalue weighted by molar-refractivity contribution is 6.39. The van der Waals surface area contributed by atoms with E-state index < -0.39 is 0 Å². The van der Waals surface area contributed by atoms with Gasteiger partial charge in [-0.25, -0.2) is 0 Å². The Labute approximate surface area is 142 Å². The lowest BCUT2D eigenvalue weighted by Gasteiger charge is -2.40. The van der Waals surface area contributed by atoms with Crippen LogP contribution < -0.4 is 10.2 Å². The minimum absolute atomic E-state index is 0.0104. The normalized spacial score (nSPS) is 28.0. The molecule has 2 N–H and O–H groups in total. The number of piperidine rings is 1. The number of fused-ring (bicyclic) bond motifs is 1. The van der Waals surface area contributed by atoms with Crippen molar-refractivity contribution in [2.24, 2.45) is 5.92 Å². The monoisotopic (exact) mass is 341 g/mol. The highest BCUT2D eigenvalue weighted by Gasteiger charge is 2.37. The Morgan fingerprint density at radius 1 is 1.14 bits per heavy atom. The Hall–Kier alpha value is -0.770. The van der Waals surface area contributed by atoms with Crippen molar-refractivity contribution in [1.82, 2.24) is 0 Å². The van der Waals surface area contributed by atoms with Gasteiger partial charge in [0.25, 0.3) is 5.91 Å². The lowest BCUT2D eigenvalue weighted by molar-refractivity contribution is -0.928. The summed E-state index contributed by atoms with van der Waals surface area (Å²) < 4.78 is 0. The number of amides is 1. The van der Waals surface area contributed by atoms with Crippen LogP contribution in [0.1, 0.15) is 38.5 Å². The number of carbonyl (C=O) groups excluding carboxylic acids is 1. The Bertz CT molecular complexity index is 527. The highest BCUT2D eigenvalue weighted by atomic mass is 35.5. The second-order valence-electron chi connectivity index (χ2n) is 6.52. The van der Waals surface area contributed by atoms with Gasteiger partial charge in [0.15, 0.2) is 6.54 Å². The number of anilines is 1. The molecule has 1 amide bonds. The van der Waals surface area contributed by atoms with Crippen molar-refractivity contribution in [3.05, 3.63) is 28.2 Å². The molecule has 5 heteroatoms. The summed E-state index contributed by atoms with van der Waals surface area (Å²) in [5.74, 6) is 0.824. The number of benzene rings is 1. The first kappa shape index (κ1) is 16.1. The van der Waals surface area contributed by atoms with E-state index in [1.165, 1.54) is 43.4 Å². The quantitative estimate of drug-likeness (QED) is 0.869. The maximum Gasteiger partial charge on any atom is 0.279 e. The third kappa shape index (κ3) is 3.58. The van der Waals surface area contributed by atoms with Crippen LogP contribution in [0.25, 0.3) is 0 Å². The molecule has 1 saturated carbocycles. The zero-order valence-electron chi connectivity index (χ0n) is 12.7. The third-order valence-electron chi connectivity index (χ3n) is 5.12. The Morgan fingerprint density at radius 2 is 1.82 bits per heavy atom. The van der Waals surface area contributed by atoms with E-state index in [-0.39, 0.29) is 5.91 Å². The number of rotatable bonds is 3. The van der Waals surface area contributed by atoms with Crippen LogP contribution in [0, 0.1) is 5.92 Å². The van der Waals surface area contributed by atoms with Gasteiger partial charge in [0, 0.05) is 5.92 Å². The molecule has 120 valence electrons. The summed E-state index contributed by atoms with van der Waals surface area (Å²) >= 11 is 12.2. The molecule has 3 rings (SSSR count). The van der Waals surface area contributed by atoms with Gasteiger partial charge in [0.2, 0.25) is 0 Å². The summed E-state index contributed by atoms with van der Waals surface area (Å²) in [6.45, 7) is 1.62. The number of hydrogen-bond donors (Lipinski definition) is 2. The molecule has 1 aliphatic heterocycles. The summed E-state index contributed by atoms with van der Waals surface area (Å²) in [6, 6.07) is 5.93. The third-order valence-corrected chi connectivity index (χ3v) is 5.75. The zero-order chi connectivity index (χ0) is 15.5. The number of likely N-dealkylation sites (tertiary alicyclic amines) is 1. The summed E-state index contributed by atoms with van der Waals surface area (Å²) in [4.78, 5) is 13.9. The number of nitrogens with one attached hydrogen (secondary N) is 2. The molecule has 0 radical (unpaired) electrons. The fraction of sp³-hybridized carbons (Fsp3) is 0.588. The molecule has 3 atom stereocenters. The van der Waals surface area contributed by atoms with Crippen LogP contribution in [0.15, 0.2) is 18.2 Å². The van der Waals surface area contributed by atoms with Gasteiger partial charge < -0.3 is 10.2 Å². The van der Waals surface area contributed by atoms with Crippen molar-refractivity contribution in [3.63, 3.8) is 0 Å². The van der Waals surface area contributed by atoms with Gasteiger partial charge in [-0.05, 0) is 44.2 Å². The van der Waals surface area contributed by atoms with Gasteiger partial charge in [0.05, 0.1) is 28.3 Å². The standard InChI is InChI=1S/C17H22Cl2N2O/c18-13-7-3-8-14(19)17(13)20-16(22)11-21-10-4-6-12-5-1-2-9-15(12)21/h3,7-8,12,15H,1-2,4-6,9-11H2,(H,20,22)/p+1/t12-,15+/m1/s1. The molecule has 0 spiro atoms. The number of halogens is 2. The molecule has 1 aliphatic carbocycles. The summed E-state index contributed by atoms with van der Waals surface area (Å²) in [6.07, 6.45) is 7.84. The van der Waals surface area contributed by atoms with Crippen LogP contribution in [0.3, 0.4) is 0 Å². The lowest BCUT2D eigenvalue weighted by Crippen LogP contribution is -3.18. The van der Waals surface area contributed by atoms with Crippen molar-refractivity contribution in [3.8, 4) is 0 Å². The number of quaternary nitrogens is 1. The number of para-hydroxylation sites is 1. The van der Waals surface area contributed by atoms with E-state index >= 15 is 0 Å². The maximum absolute atomic E-state index is 12.4. The Kier molecular flexibility index (Phi) is 5.27. The van der Waals surface area contributed by atoms with Gasteiger partial charge in [-0.1, -0.05) is 35.7 Å². The number of carbonyl (C=O) groups is 1. The molecule has 2 fully saturated rings. The topological polar surface area (TPSA) is 33.5 Å². The second kappa shape index (κ2) is 7.20. The SMILES string of the molecule is O=C(C[NH+]1CCC[C@H]2CCCC[C@@H]21)Nc1c(Cl)cccc1Cl. The van der Waals surface area contributed by atoms with Crippen LogP contribution in [0.5, 0.6) is 0 Å². The van der Waals surface area contributed by atoms with Crippen LogP contribution in [-0.4, -0.2) is 25.0 Å². The first-order valence-electron chi connectivity index (χ1n) is 8.23. The van der Waals surface area contributed by atoms with Crippen LogP contribution in [0.4, 0.5) is 5.69 Å². The summed E-state index contributed by atoms with van der Waals surface area (Å²) in [5.41, 5.74) is 0.535. The molecule has 3 nitrogen and oxygen atoms in total. The van der Waals surface area contributed by atoms with Crippen molar-refractivity contribution < 1.29 is 9.69 Å². The molecular formula is C17H23Cl2N2O+. The fourth-order valence-electron chi connectivity index (χ4n) is 4.09.